The van der Waals surface area contributed by atoms with Crippen LogP contribution in [-0.4, -0.2) is 17.1 Å². The highest BCUT2D eigenvalue weighted by Gasteiger charge is 2.49. The first-order valence-corrected chi connectivity index (χ1v) is 4.35. The number of hydrogen-bond donors (Lipinski definition) is 2. The van der Waals surface area contributed by atoms with Crippen molar-refractivity contribution in [1.29, 1.82) is 0 Å². The maximum absolute atomic E-state index is 10.7. The van der Waals surface area contributed by atoms with Gasteiger partial charge in [0.05, 0.1) is 0 Å². The van der Waals surface area contributed by atoms with Gasteiger partial charge in [0, 0.05) is 0 Å². The van der Waals surface area contributed by atoms with Crippen LogP contribution in [0.25, 0.3) is 0 Å². The normalized spacial score (nSPS) is 31.3. The molecule has 1 rings (SSSR count). The molecule has 3 atom stereocenters. The maximum Gasteiger partial charge on any atom is 0.321 e. The molecule has 12 heavy (non-hydrogen) atoms. The van der Waals surface area contributed by atoms with Crippen molar-refractivity contribution in [1.82, 2.24) is 0 Å². The number of carboxylic acids is 1. The van der Waals surface area contributed by atoms with Gasteiger partial charge in [0.2, 0.25) is 0 Å². The lowest BCUT2D eigenvalue weighted by molar-refractivity contribution is -0.141. The summed E-state index contributed by atoms with van der Waals surface area (Å²) in [6.45, 7) is 6.03. The van der Waals surface area contributed by atoms with Gasteiger partial charge in [-0.25, -0.2) is 0 Å². The van der Waals surface area contributed by atoms with Crippen molar-refractivity contribution in [3.63, 3.8) is 0 Å². The van der Waals surface area contributed by atoms with Gasteiger partial charge in [-0.05, 0) is 23.7 Å². The number of rotatable bonds is 3. The molecule has 0 amide bonds. The summed E-state index contributed by atoms with van der Waals surface area (Å²) in [5.41, 5.74) is 5.34. The van der Waals surface area contributed by atoms with Crippen LogP contribution in [0.2, 0.25) is 0 Å². The van der Waals surface area contributed by atoms with E-state index in [1.165, 1.54) is 0 Å². The number of carbonyl (C=O) groups is 1. The zero-order valence-electron chi connectivity index (χ0n) is 7.87. The molecule has 0 radical (unpaired) electrons. The molecule has 0 saturated heterocycles. The topological polar surface area (TPSA) is 63.3 Å². The zero-order valence-corrected chi connectivity index (χ0v) is 7.87. The number of carboxylic acid groups (broad SMARTS) is 1. The summed E-state index contributed by atoms with van der Waals surface area (Å²) in [7, 11) is 0. The lowest BCUT2D eigenvalue weighted by atomic mass is 9.79. The fourth-order valence-electron chi connectivity index (χ4n) is 1.91. The van der Waals surface area contributed by atoms with E-state index in [2.05, 4.69) is 6.92 Å². The van der Waals surface area contributed by atoms with Crippen LogP contribution in [0.4, 0.5) is 0 Å². The smallest absolute Gasteiger partial charge is 0.321 e. The van der Waals surface area contributed by atoms with Gasteiger partial charge < -0.3 is 10.8 Å². The van der Waals surface area contributed by atoms with Crippen LogP contribution in [0.1, 0.15) is 27.2 Å². The van der Waals surface area contributed by atoms with E-state index in [9.17, 15) is 4.79 Å². The van der Waals surface area contributed by atoms with Crippen molar-refractivity contribution in [2.24, 2.45) is 23.0 Å². The highest BCUT2D eigenvalue weighted by Crippen LogP contribution is 2.51. The monoisotopic (exact) mass is 171 g/mol. The Bertz CT molecular complexity index is 201. The molecular weight excluding hydrogens is 154 g/mol. The third-order valence-electron chi connectivity index (χ3n) is 3.13. The van der Waals surface area contributed by atoms with Crippen molar-refractivity contribution in [2.75, 3.05) is 0 Å². The van der Waals surface area contributed by atoms with Gasteiger partial charge in [-0.3, -0.25) is 4.79 Å². The van der Waals surface area contributed by atoms with Crippen LogP contribution in [0.15, 0.2) is 0 Å². The molecule has 1 saturated carbocycles. The molecule has 3 N–H and O–H groups in total. The fraction of sp³-hybridized carbons (Fsp3) is 0.889. The molecule has 0 aromatic heterocycles. The summed E-state index contributed by atoms with van der Waals surface area (Å²) >= 11 is 0. The molecule has 3 unspecified atom stereocenters. The number of aliphatic carboxylic acids is 1. The lowest BCUT2D eigenvalue weighted by Gasteiger charge is -2.28. The largest absolute Gasteiger partial charge is 0.480 e. The van der Waals surface area contributed by atoms with Crippen molar-refractivity contribution < 1.29 is 9.90 Å². The van der Waals surface area contributed by atoms with E-state index in [4.69, 9.17) is 10.8 Å². The SMILES string of the molecule is CC1CC1C(C)(C)C(N)C(=O)O. The van der Waals surface area contributed by atoms with E-state index in [0.717, 1.165) is 6.42 Å². The van der Waals surface area contributed by atoms with Gasteiger partial charge in [-0.1, -0.05) is 20.8 Å². The standard InChI is InChI=1S/C9H17NO2/c1-5-4-6(5)9(2,3)7(10)8(11)12/h5-7H,4,10H2,1-3H3,(H,11,12). The molecule has 0 heterocycles. The molecule has 3 nitrogen and oxygen atoms in total. The van der Waals surface area contributed by atoms with Gasteiger partial charge in [0.1, 0.15) is 6.04 Å². The molecule has 0 bridgehead atoms. The van der Waals surface area contributed by atoms with Gasteiger partial charge >= 0.3 is 5.97 Å². The molecular formula is C9H17NO2. The van der Waals surface area contributed by atoms with Crippen LogP contribution in [0, 0.1) is 17.3 Å². The second-order valence-electron chi connectivity index (χ2n) is 4.46. The van der Waals surface area contributed by atoms with E-state index >= 15 is 0 Å². The van der Waals surface area contributed by atoms with Crippen LogP contribution in [-0.2, 0) is 4.79 Å². The van der Waals surface area contributed by atoms with Gasteiger partial charge in [0.25, 0.3) is 0 Å². The van der Waals surface area contributed by atoms with Crippen molar-refractivity contribution in [2.45, 2.75) is 33.2 Å². The Balaban J connectivity index is 2.64. The summed E-state index contributed by atoms with van der Waals surface area (Å²) < 4.78 is 0. The summed E-state index contributed by atoms with van der Waals surface area (Å²) in [5, 5.41) is 8.76. The average Bonchev–Trinajstić information content (AvgIpc) is 2.65. The van der Waals surface area contributed by atoms with Crippen molar-refractivity contribution >= 4 is 5.97 Å². The molecule has 0 aromatic rings. The Morgan fingerprint density at radius 2 is 2.08 bits per heavy atom. The maximum atomic E-state index is 10.7. The Labute approximate surface area is 72.9 Å². The Hall–Kier alpha value is -0.570. The second-order valence-corrected chi connectivity index (χ2v) is 4.46. The van der Waals surface area contributed by atoms with Gasteiger partial charge in [0.15, 0.2) is 0 Å². The molecule has 3 heteroatoms. The molecule has 1 fully saturated rings. The number of nitrogens with two attached hydrogens (primary N) is 1. The minimum Gasteiger partial charge on any atom is -0.480 e. The lowest BCUT2D eigenvalue weighted by Crippen LogP contribution is -2.45. The van der Waals surface area contributed by atoms with Crippen LogP contribution in [0.3, 0.4) is 0 Å². The van der Waals surface area contributed by atoms with E-state index in [1.54, 1.807) is 0 Å². The summed E-state index contributed by atoms with van der Waals surface area (Å²) in [5.74, 6) is 0.244. The fourth-order valence-corrected chi connectivity index (χ4v) is 1.91. The van der Waals surface area contributed by atoms with Crippen molar-refractivity contribution in [3.05, 3.63) is 0 Å². The number of hydrogen-bond acceptors (Lipinski definition) is 2. The third-order valence-corrected chi connectivity index (χ3v) is 3.13. The van der Waals surface area contributed by atoms with Crippen molar-refractivity contribution in [3.8, 4) is 0 Å². The Morgan fingerprint density at radius 3 is 2.33 bits per heavy atom. The summed E-state index contributed by atoms with van der Waals surface area (Å²) in [4.78, 5) is 10.7. The third kappa shape index (κ3) is 1.46. The first-order valence-electron chi connectivity index (χ1n) is 4.35. The van der Waals surface area contributed by atoms with Gasteiger partial charge in [-0.15, -0.1) is 0 Å². The minimum atomic E-state index is -0.890. The minimum absolute atomic E-state index is 0.259. The van der Waals surface area contributed by atoms with Crippen LogP contribution >= 0.6 is 0 Å². The Kier molecular flexibility index (Phi) is 2.17. The predicted molar refractivity (Wildman–Crippen MR) is 46.7 cm³/mol. The molecule has 0 aromatic carbocycles. The predicted octanol–water partition coefficient (Wildman–Crippen LogP) is 1.08. The molecule has 70 valence electrons. The molecule has 0 spiro atoms. The summed E-state index contributed by atoms with van der Waals surface area (Å²) in [6.07, 6.45) is 1.12. The molecule has 1 aliphatic rings. The first kappa shape index (κ1) is 9.52. The van der Waals surface area contributed by atoms with Crippen LogP contribution < -0.4 is 5.73 Å². The Morgan fingerprint density at radius 1 is 1.67 bits per heavy atom. The van der Waals surface area contributed by atoms with E-state index in [-0.39, 0.29) is 5.41 Å². The van der Waals surface area contributed by atoms with E-state index < -0.39 is 12.0 Å². The highest BCUT2D eigenvalue weighted by atomic mass is 16.4. The second kappa shape index (κ2) is 2.73. The highest BCUT2D eigenvalue weighted by molar-refractivity contribution is 5.74. The quantitative estimate of drug-likeness (QED) is 0.668. The first-order chi connectivity index (χ1) is 5.37. The van der Waals surface area contributed by atoms with Gasteiger partial charge in [-0.2, -0.15) is 0 Å². The van der Waals surface area contributed by atoms with E-state index in [0.29, 0.717) is 11.8 Å². The van der Waals surface area contributed by atoms with Crippen LogP contribution in [0.5, 0.6) is 0 Å². The average molecular weight is 171 g/mol. The molecule has 0 aliphatic heterocycles. The van der Waals surface area contributed by atoms with E-state index in [1.807, 2.05) is 13.8 Å². The molecule has 1 aliphatic carbocycles. The summed E-state index contributed by atoms with van der Waals surface area (Å²) in [6, 6.07) is -0.729. The zero-order chi connectivity index (χ0) is 9.52.